The number of phenolic OH excluding ortho intramolecular Hbond substituents is 1. The molecule has 5 nitrogen and oxygen atoms in total. The van der Waals surface area contributed by atoms with Crippen molar-refractivity contribution in [3.63, 3.8) is 0 Å². The molecule has 1 fully saturated rings. The van der Waals surface area contributed by atoms with Crippen LogP contribution in [0.25, 0.3) is 0 Å². The van der Waals surface area contributed by atoms with Crippen molar-refractivity contribution in [1.82, 2.24) is 15.5 Å². The van der Waals surface area contributed by atoms with E-state index < -0.39 is 12.7 Å². The number of aromatic hydroxyl groups is 1. The minimum absolute atomic E-state index is 0. The molecule has 1 unspecified atom stereocenters. The SMILES string of the molecule is CCNC(=NCc1c(O)ccc2c1CCCC2)NC1CCN(CC(F)(F)F)C1.I. The summed E-state index contributed by atoms with van der Waals surface area (Å²) in [5, 5.41) is 16.7. The summed E-state index contributed by atoms with van der Waals surface area (Å²) in [5.41, 5.74) is 3.34. The van der Waals surface area contributed by atoms with Crippen molar-refractivity contribution in [3.05, 3.63) is 28.8 Å². The van der Waals surface area contributed by atoms with E-state index in [0.29, 0.717) is 38.6 Å². The molecule has 1 aromatic carbocycles. The van der Waals surface area contributed by atoms with Crippen LogP contribution < -0.4 is 10.6 Å². The van der Waals surface area contributed by atoms with E-state index >= 15 is 0 Å². The monoisotopic (exact) mass is 526 g/mol. The first-order valence-corrected chi connectivity index (χ1v) is 10.0. The standard InChI is InChI=1S/C20H29F3N4O.HI/c1-2-24-19(26-15-9-10-27(12-15)13-20(21,22)23)25-11-17-16-6-4-3-5-14(16)7-8-18(17)28;/h7-8,15,28H,2-6,9-13H2,1H3,(H2,24,25,26);1H. The molecule has 0 bridgehead atoms. The predicted octanol–water partition coefficient (Wildman–Crippen LogP) is 3.58. The summed E-state index contributed by atoms with van der Waals surface area (Å²) < 4.78 is 37.7. The summed E-state index contributed by atoms with van der Waals surface area (Å²) in [4.78, 5) is 6.03. The highest BCUT2D eigenvalue weighted by Crippen LogP contribution is 2.31. The van der Waals surface area contributed by atoms with Crippen molar-refractivity contribution >= 4 is 29.9 Å². The largest absolute Gasteiger partial charge is 0.508 e. The molecule has 1 aromatic rings. The first-order valence-electron chi connectivity index (χ1n) is 10.0. The molecule has 3 rings (SSSR count). The van der Waals surface area contributed by atoms with Gasteiger partial charge in [0, 0.05) is 31.2 Å². The van der Waals surface area contributed by atoms with Crippen molar-refractivity contribution in [2.45, 2.75) is 57.8 Å². The lowest BCUT2D eigenvalue weighted by atomic mass is 9.88. The molecular formula is C20H30F3IN4O. The quantitative estimate of drug-likeness (QED) is 0.312. The molecule has 0 spiro atoms. The number of rotatable bonds is 5. The minimum Gasteiger partial charge on any atom is -0.508 e. The average molecular weight is 526 g/mol. The molecular weight excluding hydrogens is 496 g/mol. The fourth-order valence-electron chi connectivity index (χ4n) is 4.09. The molecule has 9 heteroatoms. The van der Waals surface area contributed by atoms with Gasteiger partial charge in [0.25, 0.3) is 0 Å². The molecule has 0 saturated carbocycles. The van der Waals surface area contributed by atoms with E-state index in [9.17, 15) is 18.3 Å². The molecule has 1 atom stereocenters. The maximum atomic E-state index is 12.6. The average Bonchev–Trinajstić information content (AvgIpc) is 3.06. The Balaban J connectivity index is 0.00000300. The van der Waals surface area contributed by atoms with Crippen LogP contribution in [-0.4, -0.2) is 54.4 Å². The third-order valence-electron chi connectivity index (χ3n) is 5.38. The van der Waals surface area contributed by atoms with Crippen LogP contribution in [0.4, 0.5) is 13.2 Å². The number of hydrogen-bond acceptors (Lipinski definition) is 3. The molecule has 164 valence electrons. The molecule has 0 amide bonds. The summed E-state index contributed by atoms with van der Waals surface area (Å²) in [5.74, 6) is 0.839. The number of guanidine groups is 1. The zero-order valence-electron chi connectivity index (χ0n) is 16.7. The number of phenols is 1. The van der Waals surface area contributed by atoms with E-state index in [2.05, 4.69) is 15.6 Å². The normalized spacial score (nSPS) is 20.1. The Hall–Kier alpha value is -1.23. The van der Waals surface area contributed by atoms with Gasteiger partial charge in [-0.05, 0) is 56.2 Å². The molecule has 1 aliphatic carbocycles. The van der Waals surface area contributed by atoms with Crippen LogP contribution in [0.3, 0.4) is 0 Å². The second kappa shape index (κ2) is 10.7. The molecule has 1 aliphatic heterocycles. The Labute approximate surface area is 187 Å². The second-order valence-corrected chi connectivity index (χ2v) is 7.58. The number of halogens is 4. The lowest BCUT2D eigenvalue weighted by Gasteiger charge is -2.21. The van der Waals surface area contributed by atoms with Crippen LogP contribution in [0.2, 0.25) is 0 Å². The fraction of sp³-hybridized carbons (Fsp3) is 0.650. The van der Waals surface area contributed by atoms with Crippen LogP contribution in [-0.2, 0) is 19.4 Å². The Bertz CT molecular complexity index is 712. The highest BCUT2D eigenvalue weighted by atomic mass is 127. The number of likely N-dealkylation sites (tertiary alicyclic amines) is 1. The molecule has 2 aliphatic rings. The minimum atomic E-state index is -4.17. The van der Waals surface area contributed by atoms with Crippen molar-refractivity contribution in [3.8, 4) is 5.75 Å². The summed E-state index contributed by atoms with van der Waals surface area (Å²) in [6, 6.07) is 3.66. The maximum Gasteiger partial charge on any atom is 0.401 e. The summed E-state index contributed by atoms with van der Waals surface area (Å²) in [7, 11) is 0. The Morgan fingerprint density at radius 1 is 1.28 bits per heavy atom. The Morgan fingerprint density at radius 2 is 2.03 bits per heavy atom. The van der Waals surface area contributed by atoms with Gasteiger partial charge >= 0.3 is 6.18 Å². The summed E-state index contributed by atoms with van der Waals surface area (Å²) >= 11 is 0. The van der Waals surface area contributed by atoms with Crippen LogP contribution >= 0.6 is 24.0 Å². The number of fused-ring (bicyclic) bond motifs is 1. The number of alkyl halides is 3. The number of aryl methyl sites for hydroxylation is 1. The van der Waals surface area contributed by atoms with Gasteiger partial charge in [0.05, 0.1) is 13.1 Å². The lowest BCUT2D eigenvalue weighted by molar-refractivity contribution is -0.143. The summed E-state index contributed by atoms with van der Waals surface area (Å²) in [6.45, 7) is 2.85. The number of nitrogens with one attached hydrogen (secondary N) is 2. The zero-order chi connectivity index (χ0) is 20.1. The van der Waals surface area contributed by atoms with E-state index in [1.54, 1.807) is 6.07 Å². The van der Waals surface area contributed by atoms with Gasteiger partial charge < -0.3 is 15.7 Å². The topological polar surface area (TPSA) is 59.9 Å². The molecule has 0 aromatic heterocycles. The van der Waals surface area contributed by atoms with Gasteiger partial charge in [-0.2, -0.15) is 13.2 Å². The number of aliphatic imine (C=N–C) groups is 1. The van der Waals surface area contributed by atoms with Crippen LogP contribution in [0.15, 0.2) is 17.1 Å². The lowest BCUT2D eigenvalue weighted by Crippen LogP contribution is -2.45. The van der Waals surface area contributed by atoms with Crippen LogP contribution in [0, 0.1) is 0 Å². The van der Waals surface area contributed by atoms with Crippen molar-refractivity contribution < 1.29 is 18.3 Å². The van der Waals surface area contributed by atoms with E-state index in [1.165, 1.54) is 22.4 Å². The fourth-order valence-corrected chi connectivity index (χ4v) is 4.09. The highest BCUT2D eigenvalue weighted by Gasteiger charge is 2.34. The van der Waals surface area contributed by atoms with Crippen molar-refractivity contribution in [2.24, 2.45) is 4.99 Å². The maximum absolute atomic E-state index is 12.6. The van der Waals surface area contributed by atoms with Crippen molar-refractivity contribution in [2.75, 3.05) is 26.2 Å². The predicted molar refractivity (Wildman–Crippen MR) is 119 cm³/mol. The van der Waals surface area contributed by atoms with E-state index in [0.717, 1.165) is 24.8 Å². The molecule has 1 saturated heterocycles. The Morgan fingerprint density at radius 3 is 2.76 bits per heavy atom. The van der Waals surface area contributed by atoms with Gasteiger partial charge in [0.2, 0.25) is 0 Å². The first-order chi connectivity index (χ1) is 13.4. The van der Waals surface area contributed by atoms with E-state index in [1.807, 2.05) is 13.0 Å². The number of nitrogens with zero attached hydrogens (tertiary/aromatic N) is 2. The van der Waals surface area contributed by atoms with Crippen LogP contribution in [0.1, 0.15) is 42.9 Å². The summed E-state index contributed by atoms with van der Waals surface area (Å²) in [6.07, 6.45) is 0.739. The van der Waals surface area contributed by atoms with Gasteiger partial charge in [-0.25, -0.2) is 4.99 Å². The molecule has 0 radical (unpaired) electrons. The van der Waals surface area contributed by atoms with E-state index in [-0.39, 0.29) is 35.8 Å². The first kappa shape index (κ1) is 24.0. The van der Waals surface area contributed by atoms with Crippen LogP contribution in [0.5, 0.6) is 5.75 Å². The van der Waals surface area contributed by atoms with E-state index in [4.69, 9.17) is 0 Å². The molecule has 1 heterocycles. The van der Waals surface area contributed by atoms with Gasteiger partial charge in [-0.15, -0.1) is 24.0 Å². The number of benzene rings is 1. The van der Waals surface area contributed by atoms with Crippen molar-refractivity contribution in [1.29, 1.82) is 0 Å². The molecule has 3 N–H and O–H groups in total. The van der Waals surface area contributed by atoms with Gasteiger partial charge in [-0.1, -0.05) is 6.07 Å². The Kier molecular flexibility index (Phi) is 8.87. The van der Waals surface area contributed by atoms with Gasteiger partial charge in [-0.3, -0.25) is 4.90 Å². The highest BCUT2D eigenvalue weighted by molar-refractivity contribution is 14.0. The van der Waals surface area contributed by atoms with Gasteiger partial charge in [0.15, 0.2) is 5.96 Å². The zero-order valence-corrected chi connectivity index (χ0v) is 19.0. The third kappa shape index (κ3) is 6.91. The smallest absolute Gasteiger partial charge is 0.401 e. The molecule has 29 heavy (non-hydrogen) atoms. The third-order valence-corrected chi connectivity index (χ3v) is 5.38. The van der Waals surface area contributed by atoms with Gasteiger partial charge in [0.1, 0.15) is 5.75 Å². The number of hydrogen-bond donors (Lipinski definition) is 3. The second-order valence-electron chi connectivity index (χ2n) is 7.58.